The van der Waals surface area contributed by atoms with Crippen molar-refractivity contribution in [1.82, 2.24) is 10.3 Å². The molecule has 0 fully saturated rings. The van der Waals surface area contributed by atoms with Crippen LogP contribution in [0.15, 0.2) is 65.4 Å². The first-order valence-corrected chi connectivity index (χ1v) is 9.51. The Morgan fingerprint density at radius 2 is 1.93 bits per heavy atom. The summed E-state index contributed by atoms with van der Waals surface area (Å²) in [5, 5.41) is 7.76. The molecule has 1 amide bonds. The summed E-state index contributed by atoms with van der Waals surface area (Å²) in [5.41, 5.74) is 5.07. The third-order valence-corrected chi connectivity index (χ3v) is 5.08. The largest absolute Gasteiger partial charge is 0.348 e. The maximum Gasteiger partial charge on any atom is 0.252 e. The number of fused-ring (bicyclic) bond motifs is 1. The molecule has 0 unspecified atom stereocenters. The highest BCUT2D eigenvalue weighted by molar-refractivity contribution is 7.08. The summed E-state index contributed by atoms with van der Waals surface area (Å²) >= 11 is 1.59. The maximum atomic E-state index is 13.0. The predicted octanol–water partition coefficient (Wildman–Crippen LogP) is 5.34. The van der Waals surface area contributed by atoms with Gasteiger partial charge in [-0.15, -0.1) is 0 Å². The van der Waals surface area contributed by atoms with Gasteiger partial charge in [-0.05, 0) is 54.3 Å². The monoisotopic (exact) mass is 376 g/mol. The first-order valence-electron chi connectivity index (χ1n) is 8.57. The second-order valence-corrected chi connectivity index (χ2v) is 7.18. The Morgan fingerprint density at radius 3 is 2.67 bits per heavy atom. The minimum Gasteiger partial charge on any atom is -0.348 e. The zero-order chi connectivity index (χ0) is 18.8. The summed E-state index contributed by atoms with van der Waals surface area (Å²) in [6.45, 7) is 2.33. The van der Waals surface area contributed by atoms with E-state index in [2.05, 4.69) is 5.32 Å². The molecular formula is C22H17FN2OS. The molecule has 0 saturated heterocycles. The number of pyridine rings is 1. The summed E-state index contributed by atoms with van der Waals surface area (Å²) in [7, 11) is 0. The van der Waals surface area contributed by atoms with Crippen LogP contribution in [-0.4, -0.2) is 10.9 Å². The van der Waals surface area contributed by atoms with Crippen molar-refractivity contribution in [2.45, 2.75) is 13.5 Å². The zero-order valence-corrected chi connectivity index (χ0v) is 15.5. The average Bonchev–Trinajstić information content (AvgIpc) is 3.21. The highest BCUT2D eigenvalue weighted by atomic mass is 32.1. The molecule has 134 valence electrons. The standard InChI is InChI=1S/C22H17FN2OS/c1-14-2-7-20-18(10-14)19(11-21(25-20)16-8-9-27-13-16)22(26)24-12-15-3-5-17(23)6-4-15/h2-11,13H,12H2,1H3,(H,24,26). The summed E-state index contributed by atoms with van der Waals surface area (Å²) in [4.78, 5) is 17.6. The predicted molar refractivity (Wildman–Crippen MR) is 107 cm³/mol. The average molecular weight is 376 g/mol. The topological polar surface area (TPSA) is 42.0 Å². The lowest BCUT2D eigenvalue weighted by atomic mass is 10.0. The molecule has 0 radical (unpaired) electrons. The van der Waals surface area contributed by atoms with E-state index in [4.69, 9.17) is 4.98 Å². The van der Waals surface area contributed by atoms with Gasteiger partial charge in [0.25, 0.3) is 5.91 Å². The zero-order valence-electron chi connectivity index (χ0n) is 14.7. The van der Waals surface area contributed by atoms with Crippen LogP contribution in [0.4, 0.5) is 4.39 Å². The van der Waals surface area contributed by atoms with Crippen molar-refractivity contribution in [2.75, 3.05) is 0 Å². The quantitative estimate of drug-likeness (QED) is 0.522. The van der Waals surface area contributed by atoms with Gasteiger partial charge in [-0.25, -0.2) is 9.37 Å². The fraction of sp³-hybridized carbons (Fsp3) is 0.0909. The molecule has 2 aromatic heterocycles. The normalized spacial score (nSPS) is 10.9. The Morgan fingerprint density at radius 1 is 1.11 bits per heavy atom. The summed E-state index contributed by atoms with van der Waals surface area (Å²) in [6.07, 6.45) is 0. The smallest absolute Gasteiger partial charge is 0.252 e. The first-order chi connectivity index (χ1) is 13.1. The molecule has 5 heteroatoms. The number of amides is 1. The van der Waals surface area contributed by atoms with Crippen molar-refractivity contribution >= 4 is 28.1 Å². The molecule has 0 aliphatic rings. The molecule has 0 saturated carbocycles. The number of nitrogens with zero attached hydrogens (tertiary/aromatic N) is 1. The second kappa shape index (κ2) is 7.29. The van der Waals surface area contributed by atoms with E-state index in [1.807, 2.05) is 48.0 Å². The van der Waals surface area contributed by atoms with Crippen molar-refractivity contribution in [1.29, 1.82) is 0 Å². The van der Waals surface area contributed by atoms with E-state index in [0.29, 0.717) is 12.1 Å². The lowest BCUT2D eigenvalue weighted by Gasteiger charge is -2.11. The SMILES string of the molecule is Cc1ccc2nc(-c3ccsc3)cc(C(=O)NCc3ccc(F)cc3)c2c1. The van der Waals surface area contributed by atoms with Crippen LogP contribution in [0.1, 0.15) is 21.5 Å². The third-order valence-electron chi connectivity index (χ3n) is 4.39. The number of carbonyl (C=O) groups is 1. The molecule has 4 rings (SSSR count). The third kappa shape index (κ3) is 3.73. The van der Waals surface area contributed by atoms with Crippen molar-refractivity contribution in [3.63, 3.8) is 0 Å². The number of carbonyl (C=O) groups excluding carboxylic acids is 1. The van der Waals surface area contributed by atoms with E-state index in [-0.39, 0.29) is 11.7 Å². The second-order valence-electron chi connectivity index (χ2n) is 6.40. The van der Waals surface area contributed by atoms with E-state index in [1.165, 1.54) is 12.1 Å². The Kier molecular flexibility index (Phi) is 4.69. The molecule has 3 nitrogen and oxygen atoms in total. The maximum absolute atomic E-state index is 13.0. The summed E-state index contributed by atoms with van der Waals surface area (Å²) in [6, 6.07) is 15.9. The first kappa shape index (κ1) is 17.4. The minimum atomic E-state index is -0.291. The van der Waals surface area contributed by atoms with Crippen LogP contribution in [0.5, 0.6) is 0 Å². The molecule has 0 aliphatic heterocycles. The molecule has 4 aromatic rings. The van der Waals surface area contributed by atoms with E-state index in [9.17, 15) is 9.18 Å². The number of thiophene rings is 1. The number of aromatic nitrogens is 1. The molecular weight excluding hydrogens is 359 g/mol. The van der Waals surface area contributed by atoms with Crippen LogP contribution < -0.4 is 5.32 Å². The van der Waals surface area contributed by atoms with E-state index in [1.54, 1.807) is 23.5 Å². The van der Waals surface area contributed by atoms with Gasteiger partial charge in [0, 0.05) is 22.9 Å². The lowest BCUT2D eigenvalue weighted by molar-refractivity contribution is 0.0952. The molecule has 27 heavy (non-hydrogen) atoms. The van der Waals surface area contributed by atoms with Gasteiger partial charge >= 0.3 is 0 Å². The fourth-order valence-electron chi connectivity index (χ4n) is 2.97. The Hall–Kier alpha value is -3.05. The number of nitrogens with one attached hydrogen (secondary N) is 1. The lowest BCUT2D eigenvalue weighted by Crippen LogP contribution is -2.23. The molecule has 1 N–H and O–H groups in total. The number of rotatable bonds is 4. The van der Waals surface area contributed by atoms with E-state index in [0.717, 1.165) is 33.3 Å². The van der Waals surface area contributed by atoms with Gasteiger partial charge < -0.3 is 5.32 Å². The van der Waals surface area contributed by atoms with Crippen molar-refractivity contribution in [2.24, 2.45) is 0 Å². The Labute approximate surface area is 160 Å². The van der Waals surface area contributed by atoms with Gasteiger partial charge in [0.05, 0.1) is 16.8 Å². The van der Waals surface area contributed by atoms with Crippen LogP contribution in [0.3, 0.4) is 0 Å². The van der Waals surface area contributed by atoms with Gasteiger partial charge in [-0.2, -0.15) is 11.3 Å². The molecule has 0 aliphatic carbocycles. The van der Waals surface area contributed by atoms with E-state index >= 15 is 0 Å². The van der Waals surface area contributed by atoms with Gasteiger partial charge in [-0.3, -0.25) is 4.79 Å². The molecule has 0 spiro atoms. The molecule has 2 aromatic carbocycles. The molecule has 0 bridgehead atoms. The number of benzene rings is 2. The number of hydrogen-bond donors (Lipinski definition) is 1. The van der Waals surface area contributed by atoms with Crippen molar-refractivity contribution in [3.8, 4) is 11.3 Å². The fourth-order valence-corrected chi connectivity index (χ4v) is 3.62. The summed E-state index contributed by atoms with van der Waals surface area (Å²) < 4.78 is 13.0. The van der Waals surface area contributed by atoms with Gasteiger partial charge in [0.15, 0.2) is 0 Å². The van der Waals surface area contributed by atoms with Crippen molar-refractivity contribution < 1.29 is 9.18 Å². The Balaban J connectivity index is 1.70. The minimum absolute atomic E-state index is 0.172. The van der Waals surface area contributed by atoms with Crippen LogP contribution >= 0.6 is 11.3 Å². The highest BCUT2D eigenvalue weighted by Crippen LogP contribution is 2.27. The van der Waals surface area contributed by atoms with Crippen LogP contribution in [0.25, 0.3) is 22.2 Å². The highest BCUT2D eigenvalue weighted by Gasteiger charge is 2.14. The Bertz CT molecular complexity index is 1110. The number of hydrogen-bond acceptors (Lipinski definition) is 3. The van der Waals surface area contributed by atoms with Crippen molar-refractivity contribution in [3.05, 3.63) is 87.9 Å². The van der Waals surface area contributed by atoms with Gasteiger partial charge in [0.1, 0.15) is 5.82 Å². The van der Waals surface area contributed by atoms with Gasteiger partial charge in [-0.1, -0.05) is 23.8 Å². The number of halogens is 1. The summed E-state index contributed by atoms with van der Waals surface area (Å²) in [5.74, 6) is -0.463. The van der Waals surface area contributed by atoms with Crippen LogP contribution in [0, 0.1) is 12.7 Å². The van der Waals surface area contributed by atoms with E-state index < -0.39 is 0 Å². The molecule has 2 heterocycles. The molecule has 0 atom stereocenters. The van der Waals surface area contributed by atoms with Gasteiger partial charge in [0.2, 0.25) is 0 Å². The van der Waals surface area contributed by atoms with Crippen LogP contribution in [-0.2, 0) is 6.54 Å². The number of aryl methyl sites for hydroxylation is 1. The van der Waals surface area contributed by atoms with Crippen LogP contribution in [0.2, 0.25) is 0 Å².